The topological polar surface area (TPSA) is 104 Å². The normalized spacial score (nSPS) is 8.88. The van der Waals surface area contributed by atoms with E-state index in [0.717, 1.165) is 0 Å². The Morgan fingerprint density at radius 1 is 1.12 bits per heavy atom. The van der Waals surface area contributed by atoms with Crippen LogP contribution in [0.3, 0.4) is 0 Å². The second kappa shape index (κ2) is 8.05. The van der Waals surface area contributed by atoms with Gasteiger partial charge >= 0.3 is 0 Å². The van der Waals surface area contributed by atoms with E-state index in [4.69, 9.17) is 26.0 Å². The maximum Gasteiger partial charge on any atom is 0.187 e. The van der Waals surface area contributed by atoms with Gasteiger partial charge in [0.2, 0.25) is 0 Å². The van der Waals surface area contributed by atoms with Crippen LogP contribution in [0.5, 0.6) is 11.5 Å². The standard InChI is InChI=1S/C9H15N3O3.2ClH/c1-14-7-5(3-4-13)12-9(11)8(15-2)6(7)10;;/h13H,3-4H2,1-2H3,(H4,10,11,12);2*1H. The third kappa shape index (κ3) is 3.69. The summed E-state index contributed by atoms with van der Waals surface area (Å²) in [7, 11) is 2.93. The first-order valence-corrected chi connectivity index (χ1v) is 4.42. The molecule has 1 heterocycles. The van der Waals surface area contributed by atoms with Crippen LogP contribution in [0.25, 0.3) is 0 Å². The van der Waals surface area contributed by atoms with E-state index in [0.29, 0.717) is 29.3 Å². The molecule has 0 unspecified atom stereocenters. The first-order valence-electron chi connectivity index (χ1n) is 4.42. The number of nitrogen functional groups attached to an aromatic ring is 2. The first kappa shape index (κ1) is 18.3. The van der Waals surface area contributed by atoms with Gasteiger partial charge in [0, 0.05) is 13.0 Å². The van der Waals surface area contributed by atoms with Gasteiger partial charge in [-0.05, 0) is 0 Å². The third-order valence-electron chi connectivity index (χ3n) is 2.00. The highest BCUT2D eigenvalue weighted by molar-refractivity contribution is 5.85. The number of aliphatic hydroxyl groups is 1. The summed E-state index contributed by atoms with van der Waals surface area (Å²) in [5.74, 6) is 0.892. The van der Waals surface area contributed by atoms with Crippen LogP contribution in [0.4, 0.5) is 11.5 Å². The average Bonchev–Trinajstić information content (AvgIpc) is 2.19. The van der Waals surface area contributed by atoms with Gasteiger partial charge in [0.05, 0.1) is 19.9 Å². The maximum atomic E-state index is 8.84. The Hall–Kier alpha value is -1.11. The molecule has 0 aliphatic heterocycles. The van der Waals surface area contributed by atoms with Crippen LogP contribution in [0.1, 0.15) is 5.69 Å². The molecule has 0 spiro atoms. The van der Waals surface area contributed by atoms with E-state index < -0.39 is 0 Å². The van der Waals surface area contributed by atoms with E-state index in [2.05, 4.69) is 4.98 Å². The minimum absolute atomic E-state index is 0. The largest absolute Gasteiger partial charge is 0.493 e. The molecule has 100 valence electrons. The maximum absolute atomic E-state index is 8.84. The van der Waals surface area contributed by atoms with Crippen molar-refractivity contribution >= 4 is 36.3 Å². The molecule has 0 saturated carbocycles. The summed E-state index contributed by atoms with van der Waals surface area (Å²) >= 11 is 0. The van der Waals surface area contributed by atoms with Gasteiger partial charge in [0.1, 0.15) is 5.69 Å². The van der Waals surface area contributed by atoms with Crippen molar-refractivity contribution in [2.45, 2.75) is 6.42 Å². The molecular weight excluding hydrogens is 269 g/mol. The molecule has 8 heteroatoms. The summed E-state index contributed by atoms with van der Waals surface area (Å²) in [6.07, 6.45) is 0.335. The van der Waals surface area contributed by atoms with Crippen LogP contribution >= 0.6 is 24.8 Å². The summed E-state index contributed by atoms with van der Waals surface area (Å²) in [5.41, 5.74) is 12.2. The van der Waals surface area contributed by atoms with Crippen molar-refractivity contribution in [3.63, 3.8) is 0 Å². The summed E-state index contributed by atoms with van der Waals surface area (Å²) in [6, 6.07) is 0. The van der Waals surface area contributed by atoms with Gasteiger partial charge in [-0.2, -0.15) is 0 Å². The molecule has 1 aromatic heterocycles. The van der Waals surface area contributed by atoms with Crippen molar-refractivity contribution in [1.82, 2.24) is 4.98 Å². The zero-order valence-corrected chi connectivity index (χ0v) is 11.2. The van der Waals surface area contributed by atoms with Crippen molar-refractivity contribution < 1.29 is 14.6 Å². The lowest BCUT2D eigenvalue weighted by Crippen LogP contribution is -2.08. The van der Waals surface area contributed by atoms with Crippen LogP contribution in [-0.4, -0.2) is 30.9 Å². The Balaban J connectivity index is 0. The lowest BCUT2D eigenvalue weighted by Gasteiger charge is -2.14. The fourth-order valence-corrected chi connectivity index (χ4v) is 1.36. The lowest BCUT2D eigenvalue weighted by molar-refractivity contribution is 0.294. The summed E-state index contributed by atoms with van der Waals surface area (Å²) in [4.78, 5) is 4.05. The SMILES string of the molecule is COc1c(N)nc(CCO)c(OC)c1N.Cl.Cl. The van der Waals surface area contributed by atoms with Crippen LogP contribution in [0.2, 0.25) is 0 Å². The van der Waals surface area contributed by atoms with Crippen molar-refractivity contribution in [3.05, 3.63) is 5.69 Å². The predicted molar refractivity (Wildman–Crippen MR) is 71.5 cm³/mol. The zero-order chi connectivity index (χ0) is 11.4. The molecule has 1 aromatic rings. The van der Waals surface area contributed by atoms with Crippen LogP contribution in [0.15, 0.2) is 0 Å². The number of rotatable bonds is 4. The van der Waals surface area contributed by atoms with Gasteiger partial charge in [-0.25, -0.2) is 4.98 Å². The average molecular weight is 286 g/mol. The fourth-order valence-electron chi connectivity index (χ4n) is 1.36. The minimum Gasteiger partial charge on any atom is -0.493 e. The van der Waals surface area contributed by atoms with Crippen LogP contribution < -0.4 is 20.9 Å². The van der Waals surface area contributed by atoms with Crippen LogP contribution in [0, 0.1) is 0 Å². The number of aromatic nitrogens is 1. The fraction of sp³-hybridized carbons (Fsp3) is 0.444. The second-order valence-electron chi connectivity index (χ2n) is 2.90. The third-order valence-corrected chi connectivity index (χ3v) is 2.00. The van der Waals surface area contributed by atoms with E-state index in [1.807, 2.05) is 0 Å². The minimum atomic E-state index is -0.0471. The molecule has 17 heavy (non-hydrogen) atoms. The van der Waals surface area contributed by atoms with Gasteiger partial charge in [-0.3, -0.25) is 0 Å². The smallest absolute Gasteiger partial charge is 0.187 e. The van der Waals surface area contributed by atoms with Gasteiger partial charge in [0.25, 0.3) is 0 Å². The number of ether oxygens (including phenoxy) is 2. The van der Waals surface area contributed by atoms with Gasteiger partial charge in [-0.15, -0.1) is 24.8 Å². The Kier molecular flexibility index (Phi) is 8.65. The van der Waals surface area contributed by atoms with E-state index in [1.165, 1.54) is 14.2 Å². The lowest BCUT2D eigenvalue weighted by atomic mass is 10.2. The summed E-state index contributed by atoms with van der Waals surface area (Å²) in [5, 5.41) is 8.84. The highest BCUT2D eigenvalue weighted by Gasteiger charge is 2.16. The Bertz CT molecular complexity index is 364. The molecule has 0 aromatic carbocycles. The predicted octanol–water partition coefficient (Wildman–Crippen LogP) is 0.642. The number of aliphatic hydroxyl groups excluding tert-OH is 1. The Morgan fingerprint density at radius 3 is 2.06 bits per heavy atom. The first-order chi connectivity index (χ1) is 7.15. The van der Waals surface area contributed by atoms with Crippen molar-refractivity contribution in [2.75, 3.05) is 32.3 Å². The van der Waals surface area contributed by atoms with Crippen molar-refractivity contribution in [3.8, 4) is 11.5 Å². The molecule has 0 atom stereocenters. The molecule has 0 amide bonds. The van der Waals surface area contributed by atoms with Gasteiger partial charge < -0.3 is 26.0 Å². The highest BCUT2D eigenvalue weighted by Crippen LogP contribution is 2.37. The Morgan fingerprint density at radius 2 is 1.65 bits per heavy atom. The number of nitrogens with two attached hydrogens (primary N) is 2. The number of methoxy groups -OCH3 is 2. The Labute approximate surface area is 112 Å². The van der Waals surface area contributed by atoms with E-state index >= 15 is 0 Å². The quantitative estimate of drug-likeness (QED) is 0.750. The molecule has 0 radical (unpaired) electrons. The molecule has 0 aliphatic carbocycles. The molecule has 0 aliphatic rings. The van der Waals surface area contributed by atoms with Crippen molar-refractivity contribution in [2.24, 2.45) is 0 Å². The highest BCUT2D eigenvalue weighted by atomic mass is 35.5. The van der Waals surface area contributed by atoms with E-state index in [-0.39, 0.29) is 37.2 Å². The molecule has 1 rings (SSSR count). The number of hydrogen-bond donors (Lipinski definition) is 3. The number of hydrogen-bond acceptors (Lipinski definition) is 6. The molecule has 6 nitrogen and oxygen atoms in total. The number of pyridine rings is 1. The molecular formula is C9H17Cl2N3O3. The number of anilines is 2. The monoisotopic (exact) mass is 285 g/mol. The molecule has 0 saturated heterocycles. The summed E-state index contributed by atoms with van der Waals surface area (Å²) in [6.45, 7) is -0.0471. The van der Waals surface area contributed by atoms with Crippen molar-refractivity contribution in [1.29, 1.82) is 0 Å². The second-order valence-corrected chi connectivity index (χ2v) is 2.90. The van der Waals surface area contributed by atoms with Gasteiger partial charge in [-0.1, -0.05) is 0 Å². The molecule has 0 fully saturated rings. The molecule has 5 N–H and O–H groups in total. The van der Waals surface area contributed by atoms with Gasteiger partial charge in [0.15, 0.2) is 17.3 Å². The van der Waals surface area contributed by atoms with E-state index in [9.17, 15) is 0 Å². The zero-order valence-electron chi connectivity index (χ0n) is 9.60. The van der Waals surface area contributed by atoms with Crippen LogP contribution in [-0.2, 0) is 6.42 Å². The number of nitrogens with zero attached hydrogens (tertiary/aromatic N) is 1. The van der Waals surface area contributed by atoms with E-state index in [1.54, 1.807) is 0 Å². The number of halogens is 2. The molecule has 0 bridgehead atoms. The summed E-state index contributed by atoms with van der Waals surface area (Å²) < 4.78 is 10.1.